The second-order valence-corrected chi connectivity index (χ2v) is 7.90. The molecule has 1 aromatic heterocycles. The van der Waals surface area contributed by atoms with Crippen molar-refractivity contribution in [3.05, 3.63) is 94.7 Å². The van der Waals surface area contributed by atoms with Gasteiger partial charge in [0.15, 0.2) is 23.9 Å². The summed E-state index contributed by atoms with van der Waals surface area (Å²) in [5.41, 5.74) is 2.66. The van der Waals surface area contributed by atoms with Crippen LogP contribution >= 0.6 is 0 Å². The number of benzene rings is 3. The van der Waals surface area contributed by atoms with Crippen LogP contribution in [0.15, 0.2) is 66.7 Å². The highest BCUT2D eigenvalue weighted by molar-refractivity contribution is 6.15. The Bertz CT molecular complexity index is 1430. The maximum absolute atomic E-state index is 13.2. The minimum atomic E-state index is -0.743. The van der Waals surface area contributed by atoms with Crippen LogP contribution in [0.25, 0.3) is 10.9 Å². The van der Waals surface area contributed by atoms with E-state index >= 15 is 0 Å². The third kappa shape index (κ3) is 3.92. The first-order chi connectivity index (χ1) is 16.5. The number of hydrogen-bond donors (Lipinski definition) is 1. The number of Topliss-reactive ketones (excluding diaryl/α,β-unsaturated/α-hetero) is 1. The normalized spacial score (nSPS) is 12.4. The number of aromatic amines is 1. The second kappa shape index (κ2) is 8.86. The minimum absolute atomic E-state index is 0.0887. The number of ether oxygens (including phenoxy) is 3. The number of esters is 1. The molecule has 34 heavy (non-hydrogen) atoms. The summed E-state index contributed by atoms with van der Waals surface area (Å²) in [6, 6.07) is 18.7. The molecule has 0 bridgehead atoms. The van der Waals surface area contributed by atoms with Gasteiger partial charge in [-0.15, -0.1) is 0 Å². The number of H-pyrrole nitrogens is 1. The topological polar surface area (TPSA) is 94.7 Å². The fourth-order valence-corrected chi connectivity index (χ4v) is 4.12. The van der Waals surface area contributed by atoms with Gasteiger partial charge >= 0.3 is 5.97 Å². The summed E-state index contributed by atoms with van der Waals surface area (Å²) in [5, 5.41) is 0.773. The SMILES string of the molecule is Cc1[nH]c2ccccc2c1C(=O)COC(=O)c1ccccc1C(=O)c1ccc2c(c1)OCCO2. The summed E-state index contributed by atoms with van der Waals surface area (Å²) in [4.78, 5) is 42.1. The summed E-state index contributed by atoms with van der Waals surface area (Å²) in [7, 11) is 0. The molecule has 0 saturated carbocycles. The molecule has 0 atom stereocenters. The van der Waals surface area contributed by atoms with Gasteiger partial charge in [-0.1, -0.05) is 36.4 Å². The van der Waals surface area contributed by atoms with Gasteiger partial charge in [-0.25, -0.2) is 4.79 Å². The molecule has 170 valence electrons. The van der Waals surface area contributed by atoms with Gasteiger partial charge in [-0.05, 0) is 37.3 Å². The van der Waals surface area contributed by atoms with Crippen molar-refractivity contribution in [2.45, 2.75) is 6.92 Å². The first kappa shape index (κ1) is 21.5. The van der Waals surface area contributed by atoms with Crippen LogP contribution in [0.1, 0.15) is 42.3 Å². The number of aromatic nitrogens is 1. The Labute approximate surface area is 195 Å². The number of fused-ring (bicyclic) bond motifs is 2. The van der Waals surface area contributed by atoms with Crippen molar-refractivity contribution in [1.82, 2.24) is 4.98 Å². The van der Waals surface area contributed by atoms with Gasteiger partial charge in [0.05, 0.1) is 5.56 Å². The second-order valence-electron chi connectivity index (χ2n) is 7.90. The van der Waals surface area contributed by atoms with E-state index in [2.05, 4.69) is 4.98 Å². The van der Waals surface area contributed by atoms with Crippen LogP contribution in [0.4, 0.5) is 0 Å². The van der Waals surface area contributed by atoms with Gasteiger partial charge in [0.2, 0.25) is 5.78 Å². The molecule has 0 unspecified atom stereocenters. The molecule has 0 radical (unpaired) electrons. The third-order valence-electron chi connectivity index (χ3n) is 5.70. The van der Waals surface area contributed by atoms with Crippen molar-refractivity contribution in [3.63, 3.8) is 0 Å². The monoisotopic (exact) mass is 455 g/mol. The average Bonchev–Trinajstić information content (AvgIpc) is 3.22. The first-order valence-electron chi connectivity index (χ1n) is 10.8. The Hall–Kier alpha value is -4.39. The van der Waals surface area contributed by atoms with Crippen molar-refractivity contribution in [1.29, 1.82) is 0 Å². The molecule has 3 aromatic carbocycles. The predicted molar refractivity (Wildman–Crippen MR) is 125 cm³/mol. The number of hydrogen-bond acceptors (Lipinski definition) is 6. The molecule has 0 spiro atoms. The van der Waals surface area contributed by atoms with Gasteiger partial charge in [0.25, 0.3) is 0 Å². The van der Waals surface area contributed by atoms with Crippen molar-refractivity contribution < 1.29 is 28.6 Å². The van der Waals surface area contributed by atoms with Gasteiger partial charge < -0.3 is 19.2 Å². The molecule has 0 saturated heterocycles. The standard InChI is InChI=1S/C27H21NO6/c1-16-25(20-8-4-5-9-21(20)28-16)22(29)15-34-27(31)19-7-3-2-6-18(19)26(30)17-10-11-23-24(14-17)33-13-12-32-23/h2-11,14,28H,12-13,15H2,1H3. The van der Waals surface area contributed by atoms with Crippen LogP contribution in [0, 0.1) is 6.92 Å². The number of aryl methyl sites for hydroxylation is 1. The van der Waals surface area contributed by atoms with Gasteiger partial charge in [0.1, 0.15) is 13.2 Å². The lowest BCUT2D eigenvalue weighted by atomic mass is 9.98. The summed E-state index contributed by atoms with van der Waals surface area (Å²) in [6.45, 7) is 2.22. The van der Waals surface area contributed by atoms with E-state index in [9.17, 15) is 14.4 Å². The third-order valence-corrected chi connectivity index (χ3v) is 5.70. The van der Waals surface area contributed by atoms with Crippen molar-refractivity contribution in [3.8, 4) is 11.5 Å². The smallest absolute Gasteiger partial charge is 0.339 e. The summed E-state index contributed by atoms with van der Waals surface area (Å²) in [5.74, 6) is -0.368. The molecular formula is C27H21NO6. The summed E-state index contributed by atoms with van der Waals surface area (Å²) in [6.07, 6.45) is 0. The summed E-state index contributed by atoms with van der Waals surface area (Å²) < 4.78 is 16.4. The largest absolute Gasteiger partial charge is 0.486 e. The number of rotatable bonds is 6. The molecule has 1 N–H and O–H groups in total. The number of para-hydroxylation sites is 1. The Balaban J connectivity index is 1.36. The van der Waals surface area contributed by atoms with Crippen LogP contribution in [-0.2, 0) is 4.74 Å². The van der Waals surface area contributed by atoms with Crippen LogP contribution in [0.2, 0.25) is 0 Å². The van der Waals surface area contributed by atoms with E-state index in [1.807, 2.05) is 24.3 Å². The zero-order valence-electron chi connectivity index (χ0n) is 18.4. The number of carbonyl (C=O) groups excluding carboxylic acids is 3. The summed E-state index contributed by atoms with van der Waals surface area (Å²) >= 11 is 0. The quantitative estimate of drug-likeness (QED) is 0.339. The molecule has 7 nitrogen and oxygen atoms in total. The van der Waals surface area contributed by atoms with E-state index < -0.39 is 12.6 Å². The lowest BCUT2D eigenvalue weighted by Crippen LogP contribution is -2.18. The van der Waals surface area contributed by atoms with Crippen LogP contribution in [0.5, 0.6) is 11.5 Å². The first-order valence-corrected chi connectivity index (χ1v) is 10.8. The highest BCUT2D eigenvalue weighted by atomic mass is 16.6. The van der Waals surface area contributed by atoms with Crippen molar-refractivity contribution >= 4 is 28.4 Å². The highest BCUT2D eigenvalue weighted by Gasteiger charge is 2.23. The maximum Gasteiger partial charge on any atom is 0.339 e. The molecular weight excluding hydrogens is 434 g/mol. The van der Waals surface area contributed by atoms with Gasteiger partial charge in [-0.2, -0.15) is 0 Å². The van der Waals surface area contributed by atoms with Crippen molar-refractivity contribution in [2.75, 3.05) is 19.8 Å². The lowest BCUT2D eigenvalue weighted by Gasteiger charge is -2.18. The van der Waals surface area contributed by atoms with E-state index in [-0.39, 0.29) is 22.7 Å². The van der Waals surface area contributed by atoms with E-state index in [0.29, 0.717) is 41.5 Å². The zero-order valence-corrected chi connectivity index (χ0v) is 18.4. The molecule has 2 heterocycles. The molecule has 7 heteroatoms. The Morgan fingerprint density at radius 1 is 0.882 bits per heavy atom. The van der Waals surface area contributed by atoms with Crippen LogP contribution in [-0.4, -0.2) is 42.3 Å². The van der Waals surface area contributed by atoms with Crippen LogP contribution in [0.3, 0.4) is 0 Å². The average molecular weight is 455 g/mol. The predicted octanol–water partition coefficient (Wildman–Crippen LogP) is 4.52. The fourth-order valence-electron chi connectivity index (χ4n) is 4.12. The van der Waals surface area contributed by atoms with Gasteiger partial charge in [-0.3, -0.25) is 9.59 Å². The molecule has 5 rings (SSSR count). The van der Waals surface area contributed by atoms with Crippen molar-refractivity contribution in [2.24, 2.45) is 0 Å². The molecule has 4 aromatic rings. The van der Waals surface area contributed by atoms with E-state index in [1.165, 1.54) is 6.07 Å². The van der Waals surface area contributed by atoms with Gasteiger partial charge in [0, 0.05) is 33.3 Å². The highest BCUT2D eigenvalue weighted by Crippen LogP contribution is 2.32. The van der Waals surface area contributed by atoms with E-state index in [1.54, 1.807) is 43.3 Å². The Morgan fingerprint density at radius 3 is 2.41 bits per heavy atom. The minimum Gasteiger partial charge on any atom is -0.486 e. The Kier molecular flexibility index (Phi) is 5.59. The number of nitrogens with one attached hydrogen (secondary N) is 1. The lowest BCUT2D eigenvalue weighted by molar-refractivity contribution is 0.0473. The maximum atomic E-state index is 13.2. The fraction of sp³-hybridized carbons (Fsp3) is 0.148. The molecule has 0 amide bonds. The molecule has 0 fully saturated rings. The number of carbonyl (C=O) groups is 3. The van der Waals surface area contributed by atoms with Crippen LogP contribution < -0.4 is 9.47 Å². The molecule has 1 aliphatic heterocycles. The van der Waals surface area contributed by atoms with E-state index in [4.69, 9.17) is 14.2 Å². The molecule has 1 aliphatic rings. The number of ketones is 2. The molecule has 0 aliphatic carbocycles. The van der Waals surface area contributed by atoms with E-state index in [0.717, 1.165) is 10.9 Å². The zero-order chi connectivity index (χ0) is 23.7. The Morgan fingerprint density at radius 2 is 1.59 bits per heavy atom.